The first kappa shape index (κ1) is 22.8. The van der Waals surface area contributed by atoms with Crippen LogP contribution >= 0.6 is 0 Å². The maximum Gasteiger partial charge on any atom is 0.232 e. The summed E-state index contributed by atoms with van der Waals surface area (Å²) in [6, 6.07) is 6.37. The van der Waals surface area contributed by atoms with Gasteiger partial charge in [0.15, 0.2) is 0 Å². The standard InChI is InChI=1S/C26H41N3O/c1-8-25(3,4)23-27-21-17-20(28(7)24(30)26(5,6)9-2)15-16-22(21)29(23)18-19-13-11-10-12-14-19/h15-17,19H,8-14,18H2,1-7H3. The van der Waals surface area contributed by atoms with Crippen LogP contribution in [0.25, 0.3) is 11.0 Å². The van der Waals surface area contributed by atoms with E-state index in [1.54, 1.807) is 4.90 Å². The number of amides is 1. The zero-order valence-electron chi connectivity index (χ0n) is 20.2. The Balaban J connectivity index is 2.02. The summed E-state index contributed by atoms with van der Waals surface area (Å²) >= 11 is 0. The van der Waals surface area contributed by atoms with E-state index in [1.165, 1.54) is 43.4 Å². The van der Waals surface area contributed by atoms with Crippen molar-refractivity contribution in [1.29, 1.82) is 0 Å². The Hall–Kier alpha value is -1.84. The molecule has 1 aromatic heterocycles. The highest BCUT2D eigenvalue weighted by molar-refractivity contribution is 5.98. The number of hydrogen-bond donors (Lipinski definition) is 0. The number of nitrogens with zero attached hydrogens (tertiary/aromatic N) is 3. The number of imidazole rings is 1. The quantitative estimate of drug-likeness (QED) is 0.508. The highest BCUT2D eigenvalue weighted by Gasteiger charge is 2.31. The van der Waals surface area contributed by atoms with Gasteiger partial charge in [-0.2, -0.15) is 0 Å². The average Bonchev–Trinajstić information content (AvgIpc) is 3.11. The van der Waals surface area contributed by atoms with Gasteiger partial charge in [0.2, 0.25) is 5.91 Å². The van der Waals surface area contributed by atoms with Crippen molar-refractivity contribution in [2.45, 2.75) is 98.4 Å². The molecule has 166 valence electrons. The van der Waals surface area contributed by atoms with Crippen LogP contribution in [0.4, 0.5) is 5.69 Å². The minimum absolute atomic E-state index is 0.0276. The molecule has 3 rings (SSSR count). The van der Waals surface area contributed by atoms with Crippen molar-refractivity contribution in [2.24, 2.45) is 11.3 Å². The van der Waals surface area contributed by atoms with E-state index in [0.717, 1.165) is 36.5 Å². The van der Waals surface area contributed by atoms with E-state index in [1.807, 2.05) is 20.9 Å². The molecule has 0 spiro atoms. The molecular weight excluding hydrogens is 370 g/mol. The molecule has 0 atom stereocenters. The molecule has 0 aliphatic heterocycles. The van der Waals surface area contributed by atoms with Crippen molar-refractivity contribution in [3.05, 3.63) is 24.0 Å². The Labute approximate surface area is 183 Å². The predicted molar refractivity (Wildman–Crippen MR) is 127 cm³/mol. The molecule has 1 fully saturated rings. The van der Waals surface area contributed by atoms with Crippen molar-refractivity contribution in [1.82, 2.24) is 9.55 Å². The van der Waals surface area contributed by atoms with E-state index >= 15 is 0 Å². The molecule has 2 aromatic rings. The van der Waals surface area contributed by atoms with Gasteiger partial charge in [-0.3, -0.25) is 4.79 Å². The minimum atomic E-state index is -0.362. The number of aromatic nitrogens is 2. The lowest BCUT2D eigenvalue weighted by Gasteiger charge is -2.28. The van der Waals surface area contributed by atoms with E-state index in [2.05, 4.69) is 50.5 Å². The molecule has 1 saturated carbocycles. The lowest BCUT2D eigenvalue weighted by Crippen LogP contribution is -2.38. The predicted octanol–water partition coefficient (Wildman–Crippen LogP) is 6.70. The zero-order valence-corrected chi connectivity index (χ0v) is 20.2. The maximum absolute atomic E-state index is 13.0. The number of carbonyl (C=O) groups excluding carboxylic acids is 1. The third-order valence-corrected chi connectivity index (χ3v) is 7.54. The molecule has 30 heavy (non-hydrogen) atoms. The van der Waals surface area contributed by atoms with Gasteiger partial charge in [0, 0.05) is 30.1 Å². The summed E-state index contributed by atoms with van der Waals surface area (Å²) in [6.07, 6.45) is 8.62. The number of anilines is 1. The fourth-order valence-corrected chi connectivity index (χ4v) is 4.54. The number of fused-ring (bicyclic) bond motifs is 1. The van der Waals surface area contributed by atoms with Gasteiger partial charge in [-0.05, 0) is 49.8 Å². The molecule has 1 heterocycles. The second-order valence-corrected chi connectivity index (χ2v) is 10.6. The van der Waals surface area contributed by atoms with Crippen LogP contribution in [-0.2, 0) is 16.8 Å². The number of rotatable bonds is 7. The van der Waals surface area contributed by atoms with E-state index < -0.39 is 0 Å². The monoisotopic (exact) mass is 411 g/mol. The molecule has 0 bridgehead atoms. The molecular formula is C26H41N3O. The molecule has 0 radical (unpaired) electrons. The summed E-state index contributed by atoms with van der Waals surface area (Å²) in [7, 11) is 1.89. The lowest BCUT2D eigenvalue weighted by atomic mass is 9.87. The molecule has 0 unspecified atom stereocenters. The second kappa shape index (κ2) is 8.72. The van der Waals surface area contributed by atoms with E-state index in [-0.39, 0.29) is 16.7 Å². The average molecular weight is 412 g/mol. The zero-order chi connectivity index (χ0) is 22.1. The van der Waals surface area contributed by atoms with Crippen LogP contribution in [0, 0.1) is 11.3 Å². The van der Waals surface area contributed by atoms with Crippen LogP contribution in [0.3, 0.4) is 0 Å². The Morgan fingerprint density at radius 1 is 1.10 bits per heavy atom. The van der Waals surface area contributed by atoms with Crippen molar-refractivity contribution >= 4 is 22.6 Å². The number of carbonyl (C=O) groups is 1. The van der Waals surface area contributed by atoms with Crippen LogP contribution < -0.4 is 4.90 Å². The topological polar surface area (TPSA) is 38.1 Å². The van der Waals surface area contributed by atoms with Crippen molar-refractivity contribution < 1.29 is 4.79 Å². The van der Waals surface area contributed by atoms with Gasteiger partial charge < -0.3 is 9.47 Å². The molecule has 4 nitrogen and oxygen atoms in total. The number of hydrogen-bond acceptors (Lipinski definition) is 2. The Morgan fingerprint density at radius 2 is 1.77 bits per heavy atom. The van der Waals surface area contributed by atoms with Gasteiger partial charge in [-0.15, -0.1) is 0 Å². The van der Waals surface area contributed by atoms with Crippen LogP contribution in [0.1, 0.15) is 92.3 Å². The first-order valence-electron chi connectivity index (χ1n) is 11.9. The molecule has 1 aliphatic rings. The largest absolute Gasteiger partial charge is 0.327 e. The Morgan fingerprint density at radius 3 is 2.37 bits per heavy atom. The van der Waals surface area contributed by atoms with Crippen LogP contribution in [0.15, 0.2) is 18.2 Å². The Kier molecular flexibility index (Phi) is 6.64. The third-order valence-electron chi connectivity index (χ3n) is 7.54. The fourth-order valence-electron chi connectivity index (χ4n) is 4.54. The normalized spacial score (nSPS) is 16.2. The molecule has 0 N–H and O–H groups in total. The van der Waals surface area contributed by atoms with E-state index in [0.29, 0.717) is 0 Å². The summed E-state index contributed by atoms with van der Waals surface area (Å²) in [6.45, 7) is 14.0. The van der Waals surface area contributed by atoms with Crippen LogP contribution in [0.2, 0.25) is 0 Å². The third kappa shape index (κ3) is 4.43. The minimum Gasteiger partial charge on any atom is -0.327 e. The summed E-state index contributed by atoms with van der Waals surface area (Å²) < 4.78 is 2.48. The fraction of sp³-hybridized carbons (Fsp3) is 0.692. The SMILES string of the molecule is CCC(C)(C)C(=O)N(C)c1ccc2c(c1)nc(C(C)(C)CC)n2CC1CCCCC1. The summed E-state index contributed by atoms with van der Waals surface area (Å²) in [5.74, 6) is 2.09. The first-order chi connectivity index (χ1) is 14.1. The van der Waals surface area contributed by atoms with E-state index in [4.69, 9.17) is 4.98 Å². The maximum atomic E-state index is 13.0. The molecule has 1 aromatic carbocycles. The molecule has 4 heteroatoms. The van der Waals surface area contributed by atoms with Gasteiger partial charge in [0.05, 0.1) is 11.0 Å². The highest BCUT2D eigenvalue weighted by atomic mass is 16.2. The van der Waals surface area contributed by atoms with Gasteiger partial charge in [0.25, 0.3) is 0 Å². The number of benzene rings is 1. The molecule has 1 amide bonds. The Bertz CT molecular complexity index is 887. The molecule has 0 saturated heterocycles. The van der Waals surface area contributed by atoms with Crippen molar-refractivity contribution in [3.63, 3.8) is 0 Å². The van der Waals surface area contributed by atoms with Gasteiger partial charge >= 0.3 is 0 Å². The summed E-state index contributed by atoms with van der Waals surface area (Å²) in [5.41, 5.74) is 2.81. The van der Waals surface area contributed by atoms with Gasteiger partial charge in [0.1, 0.15) is 5.82 Å². The van der Waals surface area contributed by atoms with Crippen molar-refractivity contribution in [3.8, 4) is 0 Å². The second-order valence-electron chi connectivity index (χ2n) is 10.6. The lowest BCUT2D eigenvalue weighted by molar-refractivity contribution is -0.126. The first-order valence-corrected chi connectivity index (χ1v) is 11.9. The van der Waals surface area contributed by atoms with E-state index in [9.17, 15) is 4.79 Å². The summed E-state index contributed by atoms with van der Waals surface area (Å²) in [5, 5.41) is 0. The molecule has 1 aliphatic carbocycles. The van der Waals surface area contributed by atoms with Gasteiger partial charge in [-0.1, -0.05) is 60.8 Å². The smallest absolute Gasteiger partial charge is 0.232 e. The van der Waals surface area contributed by atoms with Gasteiger partial charge in [-0.25, -0.2) is 4.98 Å². The summed E-state index contributed by atoms with van der Waals surface area (Å²) in [4.78, 5) is 19.9. The van der Waals surface area contributed by atoms with Crippen LogP contribution in [0.5, 0.6) is 0 Å². The highest BCUT2D eigenvalue weighted by Crippen LogP contribution is 2.34. The van der Waals surface area contributed by atoms with Crippen LogP contribution in [-0.4, -0.2) is 22.5 Å². The van der Waals surface area contributed by atoms with Crippen molar-refractivity contribution in [2.75, 3.05) is 11.9 Å².